The third-order valence-electron chi connectivity index (χ3n) is 17.1. The lowest BCUT2D eigenvalue weighted by molar-refractivity contribution is -0.0529. The van der Waals surface area contributed by atoms with Crippen LogP contribution in [0.1, 0.15) is 241 Å². The van der Waals surface area contributed by atoms with Crippen molar-refractivity contribution in [1.29, 1.82) is 0 Å². The van der Waals surface area contributed by atoms with Crippen molar-refractivity contribution in [3.05, 3.63) is 36.0 Å². The fraction of sp³-hybridized carbons (Fsp3) is 0.893. The lowest BCUT2D eigenvalue weighted by Crippen LogP contribution is -2.50. The Bertz CT molecular complexity index is 1140. The van der Waals surface area contributed by atoms with E-state index in [1.165, 1.54) is 199 Å². The molecule has 0 bridgehead atoms. The quantitative estimate of drug-likeness (QED) is 0.0518. The van der Waals surface area contributed by atoms with Gasteiger partial charge in [-0.15, -0.1) is 0 Å². The normalized spacial score (nSPS) is 29.9. The van der Waals surface area contributed by atoms with Gasteiger partial charge < -0.3 is 4.90 Å². The first kappa shape index (κ1) is 48.8. The van der Waals surface area contributed by atoms with E-state index in [1.54, 1.807) is 0 Å². The second-order valence-corrected chi connectivity index (χ2v) is 22.2. The van der Waals surface area contributed by atoms with Crippen molar-refractivity contribution in [2.45, 2.75) is 241 Å². The third kappa shape index (κ3) is 15.9. The van der Waals surface area contributed by atoms with Crippen LogP contribution in [0.3, 0.4) is 0 Å². The molecule has 0 spiro atoms. The molecular formula is C56H101N. The summed E-state index contributed by atoms with van der Waals surface area (Å²) in [6, 6.07) is 0. The van der Waals surface area contributed by atoms with Crippen molar-refractivity contribution < 1.29 is 0 Å². The van der Waals surface area contributed by atoms with Crippen molar-refractivity contribution in [2.24, 2.45) is 58.2 Å². The number of nitrogens with zero attached hydrogens (tertiary/aromatic N) is 1. The van der Waals surface area contributed by atoms with E-state index in [1.807, 2.05) is 5.57 Å². The molecule has 9 atom stereocenters. The molecule has 57 heavy (non-hydrogen) atoms. The molecule has 1 heteroatoms. The fourth-order valence-corrected chi connectivity index (χ4v) is 13.7. The summed E-state index contributed by atoms with van der Waals surface area (Å²) in [6.07, 6.45) is 56.6. The molecular weight excluding hydrogens is 687 g/mol. The maximum atomic E-state index is 2.85. The largest absolute Gasteiger partial charge is 0.309 e. The Morgan fingerprint density at radius 3 is 1.98 bits per heavy atom. The standard InChI is InChI=1S/C56H101N/c1-9-10-11-12-13-14-15-16-17-18-19-20-21-22-23-24-25-27-34-49(45-57(7)8)35-29-26-28-33-48-40-42-55(5)50(44-48)36-37-51-53-39-38-52(47(4)32-30-31-46(2)3)56(53,6)43-41-54(51)55/h13-14,16-17,36,46-49,51-54H,9-12,15,18-35,37-45H2,1-8H3. The Balaban J connectivity index is 1.05. The molecule has 1 nitrogen and oxygen atoms in total. The molecule has 0 heterocycles. The molecule has 0 aliphatic heterocycles. The van der Waals surface area contributed by atoms with Gasteiger partial charge in [-0.05, 0) is 169 Å². The molecule has 0 aromatic rings. The number of rotatable bonds is 30. The summed E-state index contributed by atoms with van der Waals surface area (Å²) in [6.45, 7) is 16.5. The lowest BCUT2D eigenvalue weighted by atomic mass is 9.46. The first-order valence-corrected chi connectivity index (χ1v) is 26.2. The average molecular weight is 788 g/mol. The Hall–Kier alpha value is -0.820. The Kier molecular flexibility index (Phi) is 22.7. The summed E-state index contributed by atoms with van der Waals surface area (Å²) in [5.41, 5.74) is 3.06. The molecule has 330 valence electrons. The van der Waals surface area contributed by atoms with Crippen LogP contribution >= 0.6 is 0 Å². The number of hydrogen-bond acceptors (Lipinski definition) is 1. The second-order valence-electron chi connectivity index (χ2n) is 22.2. The van der Waals surface area contributed by atoms with Crippen molar-refractivity contribution >= 4 is 0 Å². The molecule has 4 aliphatic rings. The number of allylic oxidation sites excluding steroid dienone is 6. The van der Waals surface area contributed by atoms with Crippen LogP contribution < -0.4 is 0 Å². The number of unbranched alkanes of at least 4 members (excludes halogenated alkanes) is 13. The minimum atomic E-state index is 0.517. The topological polar surface area (TPSA) is 3.24 Å². The van der Waals surface area contributed by atoms with E-state index in [9.17, 15) is 0 Å². The van der Waals surface area contributed by atoms with Crippen molar-refractivity contribution in [3.63, 3.8) is 0 Å². The average Bonchev–Trinajstić information content (AvgIpc) is 3.54. The molecule has 0 saturated heterocycles. The molecule has 3 fully saturated rings. The summed E-state index contributed by atoms with van der Waals surface area (Å²) in [5, 5.41) is 0. The number of fused-ring (bicyclic) bond motifs is 5. The Morgan fingerprint density at radius 1 is 0.667 bits per heavy atom. The van der Waals surface area contributed by atoms with Gasteiger partial charge in [-0.3, -0.25) is 0 Å². The van der Waals surface area contributed by atoms with Gasteiger partial charge in [0.15, 0.2) is 0 Å². The van der Waals surface area contributed by atoms with E-state index < -0.39 is 0 Å². The van der Waals surface area contributed by atoms with Crippen LogP contribution in [-0.2, 0) is 0 Å². The minimum Gasteiger partial charge on any atom is -0.309 e. The van der Waals surface area contributed by atoms with E-state index >= 15 is 0 Å². The monoisotopic (exact) mass is 788 g/mol. The smallest absolute Gasteiger partial charge is 0.000356 e. The van der Waals surface area contributed by atoms with Gasteiger partial charge in [0.1, 0.15) is 0 Å². The predicted molar refractivity (Wildman–Crippen MR) is 255 cm³/mol. The van der Waals surface area contributed by atoms with Crippen LogP contribution in [0.25, 0.3) is 0 Å². The van der Waals surface area contributed by atoms with Gasteiger partial charge in [-0.1, -0.05) is 180 Å². The van der Waals surface area contributed by atoms with Gasteiger partial charge in [-0.25, -0.2) is 0 Å². The van der Waals surface area contributed by atoms with Crippen molar-refractivity contribution in [2.75, 3.05) is 20.6 Å². The summed E-state index contributed by atoms with van der Waals surface area (Å²) in [4.78, 5) is 2.46. The van der Waals surface area contributed by atoms with Crippen LogP contribution in [0.2, 0.25) is 0 Å². The van der Waals surface area contributed by atoms with E-state index in [0.29, 0.717) is 10.8 Å². The highest BCUT2D eigenvalue weighted by Gasteiger charge is 2.59. The molecule has 3 saturated carbocycles. The van der Waals surface area contributed by atoms with Crippen molar-refractivity contribution in [3.8, 4) is 0 Å². The highest BCUT2D eigenvalue weighted by atomic mass is 15.1. The van der Waals surface area contributed by atoms with Gasteiger partial charge in [-0.2, -0.15) is 0 Å². The molecule has 0 amide bonds. The highest BCUT2D eigenvalue weighted by Crippen LogP contribution is 2.67. The van der Waals surface area contributed by atoms with Crippen LogP contribution in [0, 0.1) is 58.2 Å². The fourth-order valence-electron chi connectivity index (χ4n) is 13.7. The predicted octanol–water partition coefficient (Wildman–Crippen LogP) is 17.8. The van der Waals surface area contributed by atoms with Gasteiger partial charge >= 0.3 is 0 Å². The summed E-state index contributed by atoms with van der Waals surface area (Å²) in [5.74, 6) is 7.57. The van der Waals surface area contributed by atoms with Gasteiger partial charge in [0, 0.05) is 6.54 Å². The summed E-state index contributed by atoms with van der Waals surface area (Å²) < 4.78 is 0. The first-order valence-electron chi connectivity index (χ1n) is 26.2. The van der Waals surface area contributed by atoms with E-state index in [4.69, 9.17) is 0 Å². The van der Waals surface area contributed by atoms with E-state index in [0.717, 1.165) is 53.8 Å². The molecule has 0 radical (unpaired) electrons. The zero-order chi connectivity index (χ0) is 40.9. The molecule has 9 unspecified atom stereocenters. The maximum Gasteiger partial charge on any atom is 0.000356 e. The third-order valence-corrected chi connectivity index (χ3v) is 17.1. The maximum absolute atomic E-state index is 2.85. The van der Waals surface area contributed by atoms with Crippen LogP contribution in [0.15, 0.2) is 36.0 Å². The highest BCUT2D eigenvalue weighted by molar-refractivity contribution is 5.25. The Morgan fingerprint density at radius 2 is 1.32 bits per heavy atom. The molecule has 4 aliphatic carbocycles. The summed E-state index contributed by atoms with van der Waals surface area (Å²) in [7, 11) is 4.59. The van der Waals surface area contributed by atoms with Crippen LogP contribution in [-0.4, -0.2) is 25.5 Å². The van der Waals surface area contributed by atoms with Crippen LogP contribution in [0.5, 0.6) is 0 Å². The molecule has 0 aromatic carbocycles. The lowest BCUT2D eigenvalue weighted by Gasteiger charge is -2.58. The van der Waals surface area contributed by atoms with Gasteiger partial charge in [0.2, 0.25) is 0 Å². The molecule has 0 aromatic heterocycles. The van der Waals surface area contributed by atoms with Gasteiger partial charge in [0.05, 0.1) is 0 Å². The minimum absolute atomic E-state index is 0.517. The summed E-state index contributed by atoms with van der Waals surface area (Å²) >= 11 is 0. The van der Waals surface area contributed by atoms with E-state index in [-0.39, 0.29) is 0 Å². The second kappa shape index (κ2) is 26.5. The zero-order valence-corrected chi connectivity index (χ0v) is 40.1. The van der Waals surface area contributed by atoms with E-state index in [2.05, 4.69) is 90.9 Å². The SMILES string of the molecule is CCCCCC=CCC=CCCCCCCCCCCC(CCCCCC1CCC2(C)C(=CCC3C2CCC2(C)C(C(C)CCCC(C)C)CCC32)C1)CN(C)C. The zero-order valence-electron chi connectivity index (χ0n) is 40.1. The van der Waals surface area contributed by atoms with Crippen molar-refractivity contribution in [1.82, 2.24) is 4.90 Å². The van der Waals surface area contributed by atoms with Gasteiger partial charge in [0.25, 0.3) is 0 Å². The molecule has 4 rings (SSSR count). The number of hydrogen-bond donors (Lipinski definition) is 0. The molecule has 0 N–H and O–H groups in total. The first-order chi connectivity index (χ1) is 27.6. The van der Waals surface area contributed by atoms with Crippen LogP contribution in [0.4, 0.5) is 0 Å². The Labute approximate surface area is 358 Å².